The van der Waals surface area contributed by atoms with Crippen molar-refractivity contribution < 1.29 is 0 Å². The molecule has 1 heteroatoms. The van der Waals surface area contributed by atoms with Gasteiger partial charge in [-0.1, -0.05) is 127 Å². The van der Waals surface area contributed by atoms with Gasteiger partial charge in [0.2, 0.25) is 0 Å². The molecule has 0 spiro atoms. The second-order valence-corrected chi connectivity index (χ2v) is 8.25. The Morgan fingerprint density at radius 3 is 1.48 bits per heavy atom. The number of aromatic amines is 1. The lowest BCUT2D eigenvalue weighted by Crippen LogP contribution is -1.98. The first-order chi connectivity index (χ1) is 16.4. The number of fused-ring (bicyclic) bond motifs is 3. The van der Waals surface area contributed by atoms with Gasteiger partial charge >= 0.3 is 0 Å². The predicted molar refractivity (Wildman–Crippen MR) is 140 cm³/mol. The molecule has 0 aliphatic heterocycles. The highest BCUT2D eigenvalue weighted by molar-refractivity contribution is 6.15. The fourth-order valence-electron chi connectivity index (χ4n) is 4.79. The van der Waals surface area contributed by atoms with Gasteiger partial charge in [-0.05, 0) is 33.9 Å². The third-order valence-corrected chi connectivity index (χ3v) is 6.25. The Morgan fingerprint density at radius 1 is 0.394 bits per heavy atom. The molecule has 0 atom stereocenters. The van der Waals surface area contributed by atoms with E-state index in [1.54, 1.807) is 0 Å². The molecule has 1 nitrogen and oxygen atoms in total. The fraction of sp³-hybridized carbons (Fsp3) is 0. The molecule has 1 aromatic heterocycles. The molecule has 0 radical (unpaired) electrons. The van der Waals surface area contributed by atoms with E-state index in [-0.39, 0.29) is 0 Å². The van der Waals surface area contributed by atoms with E-state index in [4.69, 9.17) is 0 Å². The first-order valence-electron chi connectivity index (χ1n) is 11.3. The van der Waals surface area contributed by atoms with Crippen LogP contribution in [-0.2, 0) is 0 Å². The molecular formula is C32H23N. The smallest absolute Gasteiger partial charge is 0.0544 e. The monoisotopic (exact) mass is 421 g/mol. The van der Waals surface area contributed by atoms with Crippen molar-refractivity contribution in [2.24, 2.45) is 0 Å². The van der Waals surface area contributed by atoms with Crippen LogP contribution in [0.2, 0.25) is 0 Å². The van der Waals surface area contributed by atoms with Crippen molar-refractivity contribution in [3.8, 4) is 0 Å². The van der Waals surface area contributed by atoms with Crippen LogP contribution in [0.3, 0.4) is 0 Å². The number of H-pyrrole nitrogens is 1. The summed E-state index contributed by atoms with van der Waals surface area (Å²) in [5.74, 6) is 0. The summed E-state index contributed by atoms with van der Waals surface area (Å²) in [5.41, 5.74) is 9.60. The van der Waals surface area contributed by atoms with E-state index in [9.17, 15) is 0 Å². The molecule has 1 heterocycles. The fourth-order valence-corrected chi connectivity index (χ4v) is 4.79. The van der Waals surface area contributed by atoms with Gasteiger partial charge in [0.05, 0.1) is 5.52 Å². The highest BCUT2D eigenvalue weighted by atomic mass is 14.7. The third kappa shape index (κ3) is 3.44. The Kier molecular flexibility index (Phi) is 4.86. The van der Waals surface area contributed by atoms with E-state index in [0.717, 1.165) is 5.52 Å². The standard InChI is InChI=1S/C32H23N/c1-4-13-23(14-5-1)30(24-15-6-2-7-16-24)31(25-17-8-3-9-18-25)28-21-12-20-27-26-19-10-11-22-29(26)33-32(27)28/h1-22,33H. The Morgan fingerprint density at radius 2 is 0.879 bits per heavy atom. The van der Waals surface area contributed by atoms with Gasteiger partial charge in [-0.25, -0.2) is 0 Å². The second kappa shape index (κ2) is 8.29. The summed E-state index contributed by atoms with van der Waals surface area (Å²) < 4.78 is 0. The lowest BCUT2D eigenvalue weighted by Gasteiger charge is -2.18. The summed E-state index contributed by atoms with van der Waals surface area (Å²) in [4.78, 5) is 3.72. The lowest BCUT2D eigenvalue weighted by atomic mass is 9.85. The summed E-state index contributed by atoms with van der Waals surface area (Å²) in [6.07, 6.45) is 0. The Bertz CT molecular complexity index is 1530. The predicted octanol–water partition coefficient (Wildman–Crippen LogP) is 8.33. The first kappa shape index (κ1) is 19.3. The van der Waals surface area contributed by atoms with Gasteiger partial charge in [0.25, 0.3) is 0 Å². The van der Waals surface area contributed by atoms with Crippen LogP contribution in [0, 0.1) is 0 Å². The van der Waals surface area contributed by atoms with E-state index in [1.807, 2.05) is 0 Å². The molecule has 0 aliphatic carbocycles. The first-order valence-corrected chi connectivity index (χ1v) is 11.3. The molecule has 0 saturated carbocycles. The van der Waals surface area contributed by atoms with Crippen molar-refractivity contribution >= 4 is 33.0 Å². The highest BCUT2D eigenvalue weighted by Crippen LogP contribution is 2.40. The summed E-state index contributed by atoms with van der Waals surface area (Å²) >= 11 is 0. The van der Waals surface area contributed by atoms with Gasteiger partial charge in [-0.15, -0.1) is 0 Å². The van der Waals surface area contributed by atoms with E-state index < -0.39 is 0 Å². The van der Waals surface area contributed by atoms with Crippen LogP contribution in [0.5, 0.6) is 0 Å². The van der Waals surface area contributed by atoms with E-state index in [1.165, 1.54) is 49.7 Å². The number of nitrogens with one attached hydrogen (secondary N) is 1. The molecule has 0 amide bonds. The van der Waals surface area contributed by atoms with E-state index >= 15 is 0 Å². The maximum absolute atomic E-state index is 3.72. The molecule has 0 saturated heterocycles. The van der Waals surface area contributed by atoms with Crippen LogP contribution >= 0.6 is 0 Å². The number of para-hydroxylation sites is 2. The lowest BCUT2D eigenvalue weighted by molar-refractivity contribution is 1.48. The molecule has 6 rings (SSSR count). The van der Waals surface area contributed by atoms with Crippen molar-refractivity contribution in [2.45, 2.75) is 0 Å². The van der Waals surface area contributed by atoms with E-state index in [2.05, 4.69) is 138 Å². The largest absolute Gasteiger partial charge is 0.354 e. The number of benzene rings is 5. The molecule has 0 unspecified atom stereocenters. The molecule has 33 heavy (non-hydrogen) atoms. The highest BCUT2D eigenvalue weighted by Gasteiger charge is 2.19. The molecule has 6 aromatic rings. The van der Waals surface area contributed by atoms with Crippen LogP contribution in [-0.4, -0.2) is 4.98 Å². The summed E-state index contributed by atoms with van der Waals surface area (Å²) in [7, 11) is 0. The normalized spacial score (nSPS) is 11.0. The van der Waals surface area contributed by atoms with Gasteiger partial charge in [0, 0.05) is 21.9 Å². The molecule has 156 valence electrons. The third-order valence-electron chi connectivity index (χ3n) is 6.25. The maximum atomic E-state index is 3.72. The zero-order valence-corrected chi connectivity index (χ0v) is 18.2. The minimum Gasteiger partial charge on any atom is -0.354 e. The quantitative estimate of drug-likeness (QED) is 0.275. The average Bonchev–Trinajstić information content (AvgIpc) is 3.28. The number of hydrogen-bond acceptors (Lipinski definition) is 0. The molecule has 1 N–H and O–H groups in total. The van der Waals surface area contributed by atoms with E-state index in [0.29, 0.717) is 0 Å². The van der Waals surface area contributed by atoms with Gasteiger partial charge in [-0.3, -0.25) is 0 Å². The topological polar surface area (TPSA) is 15.8 Å². The van der Waals surface area contributed by atoms with Gasteiger partial charge < -0.3 is 4.98 Å². The SMILES string of the molecule is c1ccc(C(=C(c2ccccc2)c2cccc3c2[nH]c2ccccc23)c2ccccc2)cc1. The van der Waals surface area contributed by atoms with Crippen LogP contribution in [0.1, 0.15) is 22.3 Å². The maximum Gasteiger partial charge on any atom is 0.0544 e. The number of hydrogen-bond donors (Lipinski definition) is 1. The Balaban J connectivity index is 1.78. The van der Waals surface area contributed by atoms with Crippen LogP contribution in [0.15, 0.2) is 133 Å². The molecule has 5 aromatic carbocycles. The zero-order valence-electron chi connectivity index (χ0n) is 18.2. The average molecular weight is 422 g/mol. The Labute approximate surface area is 193 Å². The summed E-state index contributed by atoms with van der Waals surface area (Å²) in [5, 5.41) is 2.50. The van der Waals surface area contributed by atoms with Crippen molar-refractivity contribution in [3.05, 3.63) is 156 Å². The van der Waals surface area contributed by atoms with Crippen molar-refractivity contribution in [1.82, 2.24) is 4.98 Å². The molecule has 0 fully saturated rings. The Hall–Kier alpha value is -4.36. The summed E-state index contributed by atoms with van der Waals surface area (Å²) in [6.45, 7) is 0. The summed E-state index contributed by atoms with van der Waals surface area (Å²) in [6, 6.07) is 47.3. The van der Waals surface area contributed by atoms with Gasteiger partial charge in [-0.2, -0.15) is 0 Å². The minimum absolute atomic E-state index is 1.16. The van der Waals surface area contributed by atoms with Crippen LogP contribution in [0.25, 0.3) is 33.0 Å². The number of aromatic nitrogens is 1. The minimum atomic E-state index is 1.16. The van der Waals surface area contributed by atoms with Crippen LogP contribution in [0.4, 0.5) is 0 Å². The van der Waals surface area contributed by atoms with Crippen LogP contribution < -0.4 is 0 Å². The zero-order chi connectivity index (χ0) is 22.0. The van der Waals surface area contributed by atoms with Gasteiger partial charge in [0.1, 0.15) is 0 Å². The number of rotatable bonds is 4. The van der Waals surface area contributed by atoms with Crippen molar-refractivity contribution in [1.29, 1.82) is 0 Å². The van der Waals surface area contributed by atoms with Gasteiger partial charge in [0.15, 0.2) is 0 Å². The van der Waals surface area contributed by atoms with Crippen molar-refractivity contribution in [2.75, 3.05) is 0 Å². The molecule has 0 bridgehead atoms. The van der Waals surface area contributed by atoms with Crippen molar-refractivity contribution in [3.63, 3.8) is 0 Å². The second-order valence-electron chi connectivity index (χ2n) is 8.25. The molecule has 0 aliphatic rings. The molecular weight excluding hydrogens is 398 g/mol.